The topological polar surface area (TPSA) is 124 Å². The molecule has 1 unspecified atom stereocenters. The zero-order valence-corrected chi connectivity index (χ0v) is 18.7. The van der Waals surface area contributed by atoms with Crippen LogP contribution in [0, 0.1) is 6.92 Å². The van der Waals surface area contributed by atoms with E-state index in [0.717, 1.165) is 32.1 Å². The lowest BCUT2D eigenvalue weighted by Crippen LogP contribution is -2.49. The third-order valence-corrected chi connectivity index (χ3v) is 5.97. The molecule has 0 saturated heterocycles. The van der Waals surface area contributed by atoms with E-state index in [4.69, 9.17) is 9.26 Å². The Morgan fingerprint density at radius 3 is 2.53 bits per heavy atom. The fourth-order valence-electron chi connectivity index (χ4n) is 3.15. The molecule has 3 rings (SSSR count). The van der Waals surface area contributed by atoms with Gasteiger partial charge in [0.15, 0.2) is 11.9 Å². The molecule has 32 heavy (non-hydrogen) atoms. The monoisotopic (exact) mass is 476 g/mol. The van der Waals surface area contributed by atoms with Crippen molar-refractivity contribution >= 4 is 15.7 Å². The summed E-state index contributed by atoms with van der Waals surface area (Å²) in [4.78, 5) is 21.0. The molecule has 0 spiro atoms. The van der Waals surface area contributed by atoms with Crippen molar-refractivity contribution in [3.8, 4) is 5.75 Å². The van der Waals surface area contributed by atoms with Crippen molar-refractivity contribution in [1.82, 2.24) is 20.4 Å². The van der Waals surface area contributed by atoms with Crippen LogP contribution in [0.25, 0.3) is 0 Å². The molecule has 1 fully saturated rings. The van der Waals surface area contributed by atoms with E-state index < -0.39 is 39.3 Å². The molecule has 0 bridgehead atoms. The highest BCUT2D eigenvalue weighted by Crippen LogP contribution is 2.44. The fraction of sp³-hybridized carbons (Fsp3) is 0.579. The summed E-state index contributed by atoms with van der Waals surface area (Å²) >= 11 is 0. The van der Waals surface area contributed by atoms with Crippen LogP contribution < -0.4 is 10.1 Å². The first kappa shape index (κ1) is 24.0. The Morgan fingerprint density at radius 1 is 1.38 bits per heavy atom. The summed E-state index contributed by atoms with van der Waals surface area (Å²) in [5.74, 6) is -1.33. The van der Waals surface area contributed by atoms with Crippen LogP contribution in [0.15, 0.2) is 16.8 Å². The van der Waals surface area contributed by atoms with E-state index in [1.54, 1.807) is 0 Å². The minimum Gasteiger partial charge on any atom is -0.481 e. The molecule has 13 heteroatoms. The van der Waals surface area contributed by atoms with Gasteiger partial charge in [0.05, 0.1) is 5.75 Å². The standard InChI is InChI=1S/C19H23F3N4O5S/c1-10(19(20,21)22)30-15-7-14(23-8-13(15)12-5-6-12)16(27)25-18(3,9-32(4,28)29)17-24-11(2)31-26-17/h7-8,10,12H,5-6,9H2,1-4H3,(H,25,27)/t10-,18?/m0/s1. The van der Waals surface area contributed by atoms with Crippen molar-refractivity contribution < 1.29 is 35.6 Å². The second kappa shape index (κ2) is 8.34. The van der Waals surface area contributed by atoms with E-state index in [0.29, 0.717) is 5.56 Å². The molecule has 1 aliphatic rings. The Balaban J connectivity index is 1.92. The van der Waals surface area contributed by atoms with Crippen LogP contribution in [0.3, 0.4) is 0 Å². The van der Waals surface area contributed by atoms with Crippen molar-refractivity contribution in [2.24, 2.45) is 0 Å². The zero-order valence-electron chi connectivity index (χ0n) is 17.9. The summed E-state index contributed by atoms with van der Waals surface area (Å²) in [6.45, 7) is 3.78. The number of sulfone groups is 1. The van der Waals surface area contributed by atoms with Gasteiger partial charge in [-0.15, -0.1) is 0 Å². The van der Waals surface area contributed by atoms with Gasteiger partial charge in [0.2, 0.25) is 5.89 Å². The maximum absolute atomic E-state index is 13.0. The first-order chi connectivity index (χ1) is 14.7. The molecule has 9 nitrogen and oxygen atoms in total. The Hall–Kier alpha value is -2.70. The van der Waals surface area contributed by atoms with Gasteiger partial charge in [-0.2, -0.15) is 18.2 Å². The van der Waals surface area contributed by atoms with Crippen molar-refractivity contribution in [1.29, 1.82) is 0 Å². The number of halogens is 3. The Labute approximate surface area is 182 Å². The molecule has 2 aromatic rings. The Morgan fingerprint density at radius 2 is 2.03 bits per heavy atom. The maximum Gasteiger partial charge on any atom is 0.425 e. The SMILES string of the molecule is Cc1nc(C(C)(CS(C)(=O)=O)NC(=O)c2cc(O[C@@H](C)C(F)(F)F)c(C3CC3)cn2)no1. The second-order valence-electron chi connectivity index (χ2n) is 8.18. The van der Waals surface area contributed by atoms with Crippen LogP contribution in [0.1, 0.15) is 60.4 Å². The summed E-state index contributed by atoms with van der Waals surface area (Å²) in [6, 6.07) is 1.13. The van der Waals surface area contributed by atoms with Gasteiger partial charge < -0.3 is 14.6 Å². The average molecular weight is 476 g/mol. The second-order valence-corrected chi connectivity index (χ2v) is 10.3. The molecular weight excluding hydrogens is 453 g/mol. The van der Waals surface area contributed by atoms with E-state index in [1.807, 2.05) is 0 Å². The summed E-state index contributed by atoms with van der Waals surface area (Å²) in [5, 5.41) is 6.24. The number of aryl methyl sites for hydroxylation is 1. The smallest absolute Gasteiger partial charge is 0.425 e. The minimum atomic E-state index is -4.59. The number of carbonyl (C=O) groups excluding carboxylic acids is 1. The summed E-state index contributed by atoms with van der Waals surface area (Å²) in [6.07, 6.45) is -2.80. The number of hydrogen-bond donors (Lipinski definition) is 1. The zero-order chi connectivity index (χ0) is 23.9. The lowest BCUT2D eigenvalue weighted by Gasteiger charge is -2.26. The van der Waals surface area contributed by atoms with Gasteiger partial charge in [0.1, 0.15) is 26.8 Å². The lowest BCUT2D eigenvalue weighted by atomic mass is 10.0. The molecule has 2 aromatic heterocycles. The van der Waals surface area contributed by atoms with Crippen molar-refractivity contribution in [2.75, 3.05) is 12.0 Å². The van der Waals surface area contributed by atoms with Gasteiger partial charge in [-0.05, 0) is 32.6 Å². The molecule has 2 atom stereocenters. The van der Waals surface area contributed by atoms with Crippen LogP contribution in [0.4, 0.5) is 13.2 Å². The number of hydrogen-bond acceptors (Lipinski definition) is 8. The Kier molecular flexibility index (Phi) is 6.24. The molecular formula is C19H23F3N4O5S. The van der Waals surface area contributed by atoms with Crippen LogP contribution >= 0.6 is 0 Å². The highest BCUT2D eigenvalue weighted by atomic mass is 32.2. The number of nitrogens with one attached hydrogen (secondary N) is 1. The third-order valence-electron chi connectivity index (χ3n) is 4.87. The van der Waals surface area contributed by atoms with Crippen LogP contribution in [0.2, 0.25) is 0 Å². The molecule has 1 aliphatic carbocycles. The number of rotatable bonds is 8. The van der Waals surface area contributed by atoms with Crippen LogP contribution in [-0.4, -0.2) is 53.7 Å². The molecule has 176 valence electrons. The lowest BCUT2D eigenvalue weighted by molar-refractivity contribution is -0.189. The highest BCUT2D eigenvalue weighted by Gasteiger charge is 2.40. The van der Waals surface area contributed by atoms with Crippen molar-refractivity contribution in [2.45, 2.75) is 57.3 Å². The molecule has 2 heterocycles. The number of alkyl halides is 3. The van der Waals surface area contributed by atoms with Crippen molar-refractivity contribution in [3.63, 3.8) is 0 Å². The van der Waals surface area contributed by atoms with Crippen LogP contribution in [0.5, 0.6) is 5.75 Å². The highest BCUT2D eigenvalue weighted by molar-refractivity contribution is 7.90. The van der Waals surface area contributed by atoms with E-state index in [9.17, 15) is 26.4 Å². The molecule has 0 aromatic carbocycles. The first-order valence-corrected chi connectivity index (χ1v) is 11.8. The maximum atomic E-state index is 13.0. The summed E-state index contributed by atoms with van der Waals surface area (Å²) in [5.41, 5.74) is -1.32. The number of amides is 1. The van der Waals surface area contributed by atoms with Gasteiger partial charge in [-0.25, -0.2) is 8.42 Å². The largest absolute Gasteiger partial charge is 0.481 e. The fourth-order valence-corrected chi connectivity index (χ4v) is 4.40. The van der Waals surface area contributed by atoms with E-state index in [1.165, 1.54) is 20.0 Å². The van der Waals surface area contributed by atoms with Gasteiger partial charge in [0.25, 0.3) is 5.91 Å². The van der Waals surface area contributed by atoms with Gasteiger partial charge in [-0.1, -0.05) is 5.16 Å². The average Bonchev–Trinajstić information content (AvgIpc) is 3.39. The van der Waals surface area contributed by atoms with E-state index in [-0.39, 0.29) is 29.1 Å². The van der Waals surface area contributed by atoms with E-state index in [2.05, 4.69) is 20.4 Å². The number of aromatic nitrogens is 3. The normalized spacial score (nSPS) is 17.5. The van der Waals surface area contributed by atoms with E-state index >= 15 is 0 Å². The van der Waals surface area contributed by atoms with Gasteiger partial charge in [0, 0.05) is 31.0 Å². The molecule has 1 amide bonds. The van der Waals surface area contributed by atoms with Gasteiger partial charge >= 0.3 is 6.18 Å². The van der Waals surface area contributed by atoms with Crippen molar-refractivity contribution in [3.05, 3.63) is 35.2 Å². The minimum absolute atomic E-state index is 0.0212. The predicted molar refractivity (Wildman–Crippen MR) is 106 cm³/mol. The first-order valence-electron chi connectivity index (χ1n) is 9.72. The molecule has 0 aliphatic heterocycles. The third kappa shape index (κ3) is 5.75. The summed E-state index contributed by atoms with van der Waals surface area (Å²) in [7, 11) is -3.61. The number of nitrogens with zero attached hydrogens (tertiary/aromatic N) is 3. The quantitative estimate of drug-likeness (QED) is 0.617. The Bertz CT molecular complexity index is 1110. The number of pyridine rings is 1. The number of carbonyl (C=O) groups is 1. The number of ether oxygens (including phenoxy) is 1. The molecule has 1 N–H and O–H groups in total. The summed E-state index contributed by atoms with van der Waals surface area (Å²) < 4.78 is 73.0. The van der Waals surface area contributed by atoms with Gasteiger partial charge in [-0.3, -0.25) is 9.78 Å². The molecule has 0 radical (unpaired) electrons. The molecule has 1 saturated carbocycles. The van der Waals surface area contributed by atoms with Crippen LogP contribution in [-0.2, 0) is 15.4 Å². The predicted octanol–water partition coefficient (Wildman–Crippen LogP) is 2.67.